The Morgan fingerprint density at radius 3 is 2.58 bits per heavy atom. The number of pyridine rings is 2. The zero-order chi connectivity index (χ0) is 19.1. The van der Waals surface area contributed by atoms with Gasteiger partial charge in [-0.05, 0) is 55.5 Å². The molecule has 0 saturated carbocycles. The van der Waals surface area contributed by atoms with Gasteiger partial charge in [0, 0.05) is 31.2 Å². The molecule has 0 aliphatic heterocycles. The van der Waals surface area contributed by atoms with Crippen molar-refractivity contribution in [2.75, 3.05) is 19.0 Å². The topological polar surface area (TPSA) is 73.1 Å². The fourth-order valence-electron chi connectivity index (χ4n) is 2.39. The molecule has 8 heteroatoms. The minimum atomic E-state index is -0.591. The molecule has 26 heavy (non-hydrogen) atoms. The predicted molar refractivity (Wildman–Crippen MR) is 109 cm³/mol. The fourth-order valence-corrected chi connectivity index (χ4v) is 3.04. The summed E-state index contributed by atoms with van der Waals surface area (Å²) in [5.41, 5.74) is 2.69. The number of carbonyl (C=O) groups excluding carboxylic acids is 1. The second-order valence-corrected chi connectivity index (χ2v) is 8.12. The molecule has 0 saturated heterocycles. The average Bonchev–Trinajstić information content (AvgIpc) is 2.90. The first-order chi connectivity index (χ1) is 12.2. The largest absolute Gasteiger partial charge is 0.442 e. The maximum absolute atomic E-state index is 12.4. The van der Waals surface area contributed by atoms with Crippen LogP contribution in [0.25, 0.3) is 22.2 Å². The van der Waals surface area contributed by atoms with E-state index in [2.05, 4.69) is 37.7 Å². The zero-order valence-electron chi connectivity index (χ0n) is 15.3. The molecule has 0 aliphatic rings. The van der Waals surface area contributed by atoms with E-state index in [1.54, 1.807) is 18.6 Å². The van der Waals surface area contributed by atoms with Crippen LogP contribution in [0, 0.1) is 3.70 Å². The summed E-state index contributed by atoms with van der Waals surface area (Å²) in [4.78, 5) is 23.2. The summed E-state index contributed by atoms with van der Waals surface area (Å²) >= 11 is 2.11. The summed E-state index contributed by atoms with van der Waals surface area (Å²) in [5.74, 6) is 0. The molecule has 3 aromatic heterocycles. The van der Waals surface area contributed by atoms with Crippen LogP contribution in [0.2, 0.25) is 0 Å². The molecule has 0 unspecified atom stereocenters. The van der Waals surface area contributed by atoms with E-state index >= 15 is 0 Å². The van der Waals surface area contributed by atoms with E-state index in [-0.39, 0.29) is 0 Å². The molecule has 0 radical (unpaired) electrons. The molecule has 0 atom stereocenters. The summed E-state index contributed by atoms with van der Waals surface area (Å²) in [7, 11) is 3.93. The van der Waals surface area contributed by atoms with E-state index in [0.29, 0.717) is 9.22 Å². The number of rotatable bonds is 2. The lowest BCUT2D eigenvalue weighted by Gasteiger charge is -2.19. The average molecular weight is 465 g/mol. The van der Waals surface area contributed by atoms with Crippen molar-refractivity contribution in [3.05, 3.63) is 34.4 Å². The number of nitrogens with zero attached hydrogens (tertiary/aromatic N) is 5. The van der Waals surface area contributed by atoms with E-state index in [4.69, 9.17) is 4.74 Å². The molecule has 0 aliphatic carbocycles. The summed E-state index contributed by atoms with van der Waals surface area (Å²) in [5, 5.41) is 5.16. The predicted octanol–water partition coefficient (Wildman–Crippen LogP) is 3.95. The molecule has 3 aromatic rings. The molecule has 0 bridgehead atoms. The second kappa shape index (κ2) is 6.82. The lowest BCUT2D eigenvalue weighted by molar-refractivity contribution is 0.0522. The Hall–Kier alpha value is -2.23. The number of halogens is 1. The van der Waals surface area contributed by atoms with Crippen LogP contribution < -0.4 is 4.90 Å². The molecular formula is C18H20IN5O2. The summed E-state index contributed by atoms with van der Waals surface area (Å²) in [6.45, 7) is 5.47. The van der Waals surface area contributed by atoms with Gasteiger partial charge >= 0.3 is 6.09 Å². The van der Waals surface area contributed by atoms with E-state index in [9.17, 15) is 4.79 Å². The Labute approximate surface area is 165 Å². The van der Waals surface area contributed by atoms with Crippen molar-refractivity contribution in [1.82, 2.24) is 19.7 Å². The monoisotopic (exact) mass is 465 g/mol. The highest BCUT2D eigenvalue weighted by molar-refractivity contribution is 14.1. The van der Waals surface area contributed by atoms with Crippen molar-refractivity contribution >= 4 is 45.3 Å². The maximum Gasteiger partial charge on any atom is 0.435 e. The van der Waals surface area contributed by atoms with Crippen LogP contribution in [-0.2, 0) is 4.74 Å². The van der Waals surface area contributed by atoms with Gasteiger partial charge in [-0.1, -0.05) is 0 Å². The summed E-state index contributed by atoms with van der Waals surface area (Å²) < 4.78 is 7.39. The van der Waals surface area contributed by atoms with Crippen LogP contribution in [0.1, 0.15) is 20.8 Å². The lowest BCUT2D eigenvalue weighted by atomic mass is 10.1. The van der Waals surface area contributed by atoms with Gasteiger partial charge in [-0.15, -0.1) is 0 Å². The molecule has 0 N–H and O–H groups in total. The minimum Gasteiger partial charge on any atom is -0.442 e. The first-order valence-electron chi connectivity index (χ1n) is 8.06. The normalized spacial score (nSPS) is 11.6. The van der Waals surface area contributed by atoms with Gasteiger partial charge in [-0.2, -0.15) is 9.78 Å². The highest BCUT2D eigenvalue weighted by atomic mass is 127. The third-order valence-electron chi connectivity index (χ3n) is 3.62. The van der Waals surface area contributed by atoms with E-state index in [0.717, 1.165) is 22.3 Å². The molecule has 3 heterocycles. The van der Waals surface area contributed by atoms with Crippen molar-refractivity contribution in [2.24, 2.45) is 0 Å². The van der Waals surface area contributed by atoms with Crippen LogP contribution in [0.5, 0.6) is 0 Å². The standard InChI is InChI=1S/C18H20IN5O2/c1-18(2,3)26-17(25)24-15-10-21-14(7-13(15)16(19)22-24)11-6-12(23(4)5)9-20-8-11/h6-10H,1-5H3. The van der Waals surface area contributed by atoms with Gasteiger partial charge in [0.15, 0.2) is 0 Å². The van der Waals surface area contributed by atoms with Crippen molar-refractivity contribution in [1.29, 1.82) is 0 Å². The van der Waals surface area contributed by atoms with Gasteiger partial charge < -0.3 is 9.64 Å². The zero-order valence-corrected chi connectivity index (χ0v) is 17.5. The Balaban J connectivity index is 2.04. The Bertz CT molecular complexity index is 975. The minimum absolute atomic E-state index is 0.517. The van der Waals surface area contributed by atoms with Crippen molar-refractivity contribution in [3.63, 3.8) is 0 Å². The molecule has 0 amide bonds. The number of anilines is 1. The molecule has 136 valence electrons. The third-order valence-corrected chi connectivity index (χ3v) is 4.42. The number of aromatic nitrogens is 4. The number of carbonyl (C=O) groups is 1. The third kappa shape index (κ3) is 3.79. The first kappa shape index (κ1) is 18.6. The van der Waals surface area contributed by atoms with Crippen LogP contribution in [0.4, 0.5) is 10.5 Å². The van der Waals surface area contributed by atoms with E-state index < -0.39 is 11.7 Å². The highest BCUT2D eigenvalue weighted by Gasteiger charge is 2.22. The van der Waals surface area contributed by atoms with Crippen LogP contribution >= 0.6 is 22.6 Å². The number of ether oxygens (including phenoxy) is 1. The quantitative estimate of drug-likeness (QED) is 0.534. The smallest absolute Gasteiger partial charge is 0.435 e. The maximum atomic E-state index is 12.4. The Morgan fingerprint density at radius 2 is 1.92 bits per heavy atom. The van der Waals surface area contributed by atoms with Gasteiger partial charge in [0.1, 0.15) is 14.8 Å². The second-order valence-electron chi connectivity index (χ2n) is 7.10. The first-order valence-corrected chi connectivity index (χ1v) is 9.14. The molecule has 0 spiro atoms. The van der Waals surface area contributed by atoms with Gasteiger partial charge in [0.25, 0.3) is 0 Å². The van der Waals surface area contributed by atoms with E-state index in [1.807, 2.05) is 51.9 Å². The van der Waals surface area contributed by atoms with Crippen molar-refractivity contribution in [2.45, 2.75) is 26.4 Å². The van der Waals surface area contributed by atoms with Crippen molar-refractivity contribution < 1.29 is 9.53 Å². The number of fused-ring (bicyclic) bond motifs is 1. The van der Waals surface area contributed by atoms with Gasteiger partial charge in [0.2, 0.25) is 0 Å². The van der Waals surface area contributed by atoms with E-state index in [1.165, 1.54) is 4.68 Å². The number of hydrogen-bond acceptors (Lipinski definition) is 6. The highest BCUT2D eigenvalue weighted by Crippen LogP contribution is 2.27. The summed E-state index contributed by atoms with van der Waals surface area (Å²) in [6.07, 6.45) is 4.70. The van der Waals surface area contributed by atoms with Crippen LogP contribution in [-0.4, -0.2) is 45.5 Å². The molecule has 3 rings (SSSR count). The SMILES string of the molecule is CN(C)c1cncc(-c2cc3c(I)nn(C(=O)OC(C)(C)C)c3cn2)c1. The van der Waals surface area contributed by atoms with Crippen LogP contribution in [0.15, 0.2) is 30.7 Å². The fraction of sp³-hybridized carbons (Fsp3) is 0.333. The van der Waals surface area contributed by atoms with Gasteiger partial charge in [-0.3, -0.25) is 9.97 Å². The molecule has 0 aromatic carbocycles. The Kier molecular flexibility index (Phi) is 4.87. The Morgan fingerprint density at radius 1 is 1.19 bits per heavy atom. The van der Waals surface area contributed by atoms with Gasteiger partial charge in [0.05, 0.1) is 23.8 Å². The molecule has 0 fully saturated rings. The van der Waals surface area contributed by atoms with Crippen LogP contribution in [0.3, 0.4) is 0 Å². The van der Waals surface area contributed by atoms with Crippen molar-refractivity contribution in [3.8, 4) is 11.3 Å². The molecule has 7 nitrogen and oxygen atoms in total. The van der Waals surface area contributed by atoms with Gasteiger partial charge in [-0.25, -0.2) is 4.79 Å². The lowest BCUT2D eigenvalue weighted by Crippen LogP contribution is -2.27. The summed E-state index contributed by atoms with van der Waals surface area (Å²) in [6, 6.07) is 3.94. The molecular weight excluding hydrogens is 445 g/mol. The number of hydrogen-bond donors (Lipinski definition) is 0.